The molecular formula is C17H26N2O4S2. The van der Waals surface area contributed by atoms with E-state index in [4.69, 9.17) is 4.74 Å². The van der Waals surface area contributed by atoms with Gasteiger partial charge in [0.1, 0.15) is 4.21 Å². The van der Waals surface area contributed by atoms with Crippen molar-refractivity contribution in [2.45, 2.75) is 55.4 Å². The van der Waals surface area contributed by atoms with Gasteiger partial charge in [-0.05, 0) is 36.6 Å². The summed E-state index contributed by atoms with van der Waals surface area (Å²) >= 11 is 1.14. The molecule has 8 heteroatoms. The number of morpholine rings is 1. The molecule has 0 spiro atoms. The quantitative estimate of drug-likeness (QED) is 0.743. The van der Waals surface area contributed by atoms with Crippen molar-refractivity contribution >= 4 is 27.3 Å². The van der Waals surface area contributed by atoms with Crippen LogP contribution in [-0.2, 0) is 19.6 Å². The average Bonchev–Trinajstić information content (AvgIpc) is 3.31. The first kappa shape index (κ1) is 18.8. The summed E-state index contributed by atoms with van der Waals surface area (Å²) < 4.78 is 33.2. The van der Waals surface area contributed by atoms with Gasteiger partial charge in [-0.1, -0.05) is 25.8 Å². The normalized spacial score (nSPS) is 24.4. The van der Waals surface area contributed by atoms with E-state index in [1.54, 1.807) is 16.3 Å². The summed E-state index contributed by atoms with van der Waals surface area (Å²) in [6, 6.07) is 3.22. The van der Waals surface area contributed by atoms with Crippen LogP contribution in [-0.4, -0.2) is 51.1 Å². The van der Waals surface area contributed by atoms with Crippen molar-refractivity contribution in [2.24, 2.45) is 5.92 Å². The maximum absolute atomic E-state index is 12.6. The second kappa shape index (κ2) is 8.16. The van der Waals surface area contributed by atoms with Gasteiger partial charge in [-0.3, -0.25) is 4.79 Å². The van der Waals surface area contributed by atoms with Crippen molar-refractivity contribution in [1.29, 1.82) is 0 Å². The summed E-state index contributed by atoms with van der Waals surface area (Å²) in [5.74, 6) is 0.387. The lowest BCUT2D eigenvalue weighted by Crippen LogP contribution is -2.53. The van der Waals surface area contributed by atoms with Crippen LogP contribution in [0, 0.1) is 5.92 Å². The van der Waals surface area contributed by atoms with Gasteiger partial charge in [-0.15, -0.1) is 11.3 Å². The minimum atomic E-state index is -3.61. The van der Waals surface area contributed by atoms with E-state index >= 15 is 0 Å². The predicted octanol–water partition coefficient (Wildman–Crippen LogP) is 2.22. The van der Waals surface area contributed by atoms with Gasteiger partial charge in [0.15, 0.2) is 0 Å². The Labute approximate surface area is 153 Å². The molecule has 2 aliphatic rings. The van der Waals surface area contributed by atoms with E-state index in [1.165, 1.54) is 6.07 Å². The highest BCUT2D eigenvalue weighted by atomic mass is 32.2. The van der Waals surface area contributed by atoms with E-state index in [2.05, 4.69) is 11.6 Å². The first-order chi connectivity index (χ1) is 12.0. The molecule has 140 valence electrons. The van der Waals surface area contributed by atoms with Crippen LogP contribution in [0.5, 0.6) is 0 Å². The third-order valence-electron chi connectivity index (χ3n) is 4.75. The second-order valence-electron chi connectivity index (χ2n) is 6.83. The Morgan fingerprint density at radius 3 is 2.84 bits per heavy atom. The molecule has 2 fully saturated rings. The summed E-state index contributed by atoms with van der Waals surface area (Å²) in [6.07, 6.45) is 5.63. The highest BCUT2D eigenvalue weighted by Gasteiger charge is 2.39. The first-order valence-electron chi connectivity index (χ1n) is 8.96. The molecule has 6 nitrogen and oxygen atoms in total. The van der Waals surface area contributed by atoms with E-state index in [0.717, 1.165) is 43.4 Å². The number of unbranched alkanes of at least 4 members (excludes halogenated alkanes) is 1. The zero-order valence-corrected chi connectivity index (χ0v) is 16.2. The molecule has 1 saturated carbocycles. The Morgan fingerprint density at radius 1 is 1.40 bits per heavy atom. The summed E-state index contributed by atoms with van der Waals surface area (Å²) in [5.41, 5.74) is 0. The van der Waals surface area contributed by atoms with Gasteiger partial charge in [-0.25, -0.2) is 13.1 Å². The standard InChI is InChI=1S/C17H26N2O4S2/c1-2-3-5-14-11-19(12-15(23-14)13-7-8-13)16(20)10-18-25(21,22)17-6-4-9-24-17/h4,6,9,13-15,18H,2-3,5,7-8,10-12H2,1H3/t14-,15-/m1/s1. The molecule has 1 N–H and O–H groups in total. The summed E-state index contributed by atoms with van der Waals surface area (Å²) in [4.78, 5) is 14.4. The number of rotatable bonds is 8. The number of ether oxygens (including phenoxy) is 1. The maximum atomic E-state index is 12.6. The Hall–Kier alpha value is -0.960. The molecule has 1 aromatic heterocycles. The smallest absolute Gasteiger partial charge is 0.250 e. The molecule has 0 unspecified atom stereocenters. The number of thiophene rings is 1. The van der Waals surface area contributed by atoms with E-state index in [9.17, 15) is 13.2 Å². The first-order valence-corrected chi connectivity index (χ1v) is 11.3. The molecule has 1 aliphatic carbocycles. The summed E-state index contributed by atoms with van der Waals surface area (Å²) in [6.45, 7) is 3.08. The van der Waals surface area contributed by atoms with Gasteiger partial charge >= 0.3 is 0 Å². The van der Waals surface area contributed by atoms with Crippen molar-refractivity contribution in [3.05, 3.63) is 17.5 Å². The van der Waals surface area contributed by atoms with E-state index in [1.807, 2.05) is 0 Å². The Kier molecular flexibility index (Phi) is 6.14. The number of amides is 1. The molecule has 3 rings (SSSR count). The number of nitrogens with one attached hydrogen (secondary N) is 1. The number of hydrogen-bond donors (Lipinski definition) is 1. The van der Waals surface area contributed by atoms with Crippen molar-refractivity contribution < 1.29 is 17.9 Å². The SMILES string of the molecule is CCCC[C@@H]1CN(C(=O)CNS(=O)(=O)c2cccs2)C[C@H](C2CC2)O1. The fraction of sp³-hybridized carbons (Fsp3) is 0.706. The summed E-state index contributed by atoms with van der Waals surface area (Å²) in [7, 11) is -3.61. The van der Waals surface area contributed by atoms with Crippen molar-refractivity contribution in [2.75, 3.05) is 19.6 Å². The van der Waals surface area contributed by atoms with Gasteiger partial charge < -0.3 is 9.64 Å². The second-order valence-corrected chi connectivity index (χ2v) is 9.77. The van der Waals surface area contributed by atoms with Crippen LogP contribution in [0.2, 0.25) is 0 Å². The molecule has 1 aromatic rings. The number of carbonyl (C=O) groups excluding carboxylic acids is 1. The molecule has 25 heavy (non-hydrogen) atoms. The molecule has 0 bridgehead atoms. The van der Waals surface area contributed by atoms with Crippen LogP contribution < -0.4 is 4.72 Å². The fourth-order valence-corrected chi connectivity index (χ4v) is 5.16. The zero-order valence-electron chi connectivity index (χ0n) is 14.5. The molecule has 1 amide bonds. The number of carbonyl (C=O) groups is 1. The average molecular weight is 387 g/mol. The molecule has 0 radical (unpaired) electrons. The van der Waals surface area contributed by atoms with E-state index < -0.39 is 10.0 Å². The lowest BCUT2D eigenvalue weighted by Gasteiger charge is -2.38. The van der Waals surface area contributed by atoms with Gasteiger partial charge in [0.2, 0.25) is 5.91 Å². The van der Waals surface area contributed by atoms with Crippen molar-refractivity contribution in [3.63, 3.8) is 0 Å². The van der Waals surface area contributed by atoms with E-state index in [-0.39, 0.29) is 28.9 Å². The topological polar surface area (TPSA) is 75.7 Å². The Balaban J connectivity index is 1.57. The fourth-order valence-electron chi connectivity index (χ4n) is 3.15. The highest BCUT2D eigenvalue weighted by Crippen LogP contribution is 2.37. The lowest BCUT2D eigenvalue weighted by atomic mass is 10.1. The van der Waals surface area contributed by atoms with Crippen LogP contribution in [0.3, 0.4) is 0 Å². The van der Waals surface area contributed by atoms with E-state index in [0.29, 0.717) is 19.0 Å². The third-order valence-corrected chi connectivity index (χ3v) is 7.54. The maximum Gasteiger partial charge on any atom is 0.250 e. The summed E-state index contributed by atoms with van der Waals surface area (Å²) in [5, 5.41) is 1.71. The number of hydrogen-bond acceptors (Lipinski definition) is 5. The van der Waals surface area contributed by atoms with Crippen LogP contribution in [0.4, 0.5) is 0 Å². The van der Waals surface area contributed by atoms with Gasteiger partial charge in [0.25, 0.3) is 10.0 Å². The van der Waals surface area contributed by atoms with Gasteiger partial charge in [0, 0.05) is 13.1 Å². The molecule has 2 heterocycles. The molecule has 1 aliphatic heterocycles. The van der Waals surface area contributed by atoms with Crippen LogP contribution in [0.25, 0.3) is 0 Å². The number of nitrogens with zero attached hydrogens (tertiary/aromatic N) is 1. The van der Waals surface area contributed by atoms with Crippen LogP contribution in [0.1, 0.15) is 39.0 Å². The minimum absolute atomic E-state index is 0.0668. The minimum Gasteiger partial charge on any atom is -0.371 e. The third kappa shape index (κ3) is 5.03. The lowest BCUT2D eigenvalue weighted by molar-refractivity contribution is -0.146. The Morgan fingerprint density at radius 2 is 2.20 bits per heavy atom. The Bertz CT molecular complexity index is 671. The molecule has 0 aromatic carbocycles. The zero-order chi connectivity index (χ0) is 17.9. The van der Waals surface area contributed by atoms with Crippen molar-refractivity contribution in [3.8, 4) is 0 Å². The predicted molar refractivity (Wildman–Crippen MR) is 97.0 cm³/mol. The largest absolute Gasteiger partial charge is 0.371 e. The monoisotopic (exact) mass is 386 g/mol. The van der Waals surface area contributed by atoms with Crippen LogP contribution in [0.15, 0.2) is 21.7 Å². The van der Waals surface area contributed by atoms with Gasteiger partial charge in [0.05, 0.1) is 18.8 Å². The highest BCUT2D eigenvalue weighted by molar-refractivity contribution is 7.91. The molecule has 2 atom stereocenters. The van der Waals surface area contributed by atoms with Gasteiger partial charge in [-0.2, -0.15) is 0 Å². The number of sulfonamides is 1. The molecule has 1 saturated heterocycles. The van der Waals surface area contributed by atoms with Crippen molar-refractivity contribution in [1.82, 2.24) is 9.62 Å². The molecular weight excluding hydrogens is 360 g/mol. The van der Waals surface area contributed by atoms with Crippen LogP contribution >= 0.6 is 11.3 Å².